The minimum absolute atomic E-state index is 0.147. The molecule has 0 aliphatic heterocycles. The summed E-state index contributed by atoms with van der Waals surface area (Å²) in [5.41, 5.74) is 2.29. The van der Waals surface area contributed by atoms with Crippen LogP contribution in [0.5, 0.6) is 5.75 Å². The van der Waals surface area contributed by atoms with Crippen LogP contribution in [0.3, 0.4) is 0 Å². The van der Waals surface area contributed by atoms with Crippen LogP contribution >= 0.6 is 0 Å². The van der Waals surface area contributed by atoms with E-state index in [2.05, 4.69) is 19.9 Å². The Morgan fingerprint density at radius 2 is 1.88 bits per heavy atom. The van der Waals surface area contributed by atoms with Gasteiger partial charge in [-0.2, -0.15) is 0 Å². The van der Waals surface area contributed by atoms with Crippen molar-refractivity contribution in [3.8, 4) is 5.75 Å². The Labute approximate surface area is 104 Å². The second-order valence-corrected chi connectivity index (χ2v) is 5.27. The Morgan fingerprint density at radius 1 is 1.24 bits per heavy atom. The maximum atomic E-state index is 11.7. The van der Waals surface area contributed by atoms with Crippen molar-refractivity contribution in [2.45, 2.75) is 47.0 Å². The summed E-state index contributed by atoms with van der Waals surface area (Å²) in [5.74, 6) is 1.24. The number of carbonyl (C=O) groups is 1. The highest BCUT2D eigenvalue weighted by Gasteiger charge is 2.13. The van der Waals surface area contributed by atoms with Gasteiger partial charge in [-0.15, -0.1) is 0 Å². The molecule has 0 atom stereocenters. The van der Waals surface area contributed by atoms with Crippen molar-refractivity contribution in [2.24, 2.45) is 5.92 Å². The number of aryl methyl sites for hydroxylation is 1. The van der Waals surface area contributed by atoms with E-state index in [1.54, 1.807) is 0 Å². The third-order valence-electron chi connectivity index (χ3n) is 2.59. The quantitative estimate of drug-likeness (QED) is 0.580. The fourth-order valence-corrected chi connectivity index (χ4v) is 1.71. The SMILES string of the molecule is Cc1ccc(OC(=O)CC(C)C)c(C(C)C)c1. The third-order valence-corrected chi connectivity index (χ3v) is 2.59. The highest BCUT2D eigenvalue weighted by molar-refractivity contribution is 5.73. The molecule has 0 bridgehead atoms. The van der Waals surface area contributed by atoms with Gasteiger partial charge in [0.2, 0.25) is 0 Å². The van der Waals surface area contributed by atoms with Gasteiger partial charge in [0.15, 0.2) is 0 Å². The van der Waals surface area contributed by atoms with Crippen molar-refractivity contribution in [1.82, 2.24) is 0 Å². The number of carbonyl (C=O) groups excluding carboxylic acids is 1. The van der Waals surface area contributed by atoms with Crippen LogP contribution in [0.25, 0.3) is 0 Å². The molecule has 2 nitrogen and oxygen atoms in total. The van der Waals surface area contributed by atoms with Crippen LogP contribution in [0.4, 0.5) is 0 Å². The van der Waals surface area contributed by atoms with E-state index in [0.717, 1.165) is 5.56 Å². The Kier molecular flexibility index (Phi) is 4.73. The molecule has 0 fully saturated rings. The Morgan fingerprint density at radius 3 is 2.41 bits per heavy atom. The van der Waals surface area contributed by atoms with Crippen molar-refractivity contribution in [3.05, 3.63) is 29.3 Å². The second-order valence-electron chi connectivity index (χ2n) is 5.27. The van der Waals surface area contributed by atoms with E-state index in [1.807, 2.05) is 32.9 Å². The molecule has 0 unspecified atom stereocenters. The van der Waals surface area contributed by atoms with E-state index in [4.69, 9.17) is 4.74 Å². The highest BCUT2D eigenvalue weighted by Crippen LogP contribution is 2.27. The van der Waals surface area contributed by atoms with Crippen molar-refractivity contribution >= 4 is 5.97 Å². The smallest absolute Gasteiger partial charge is 0.311 e. The van der Waals surface area contributed by atoms with Gasteiger partial charge in [0.25, 0.3) is 0 Å². The molecule has 0 radical (unpaired) electrons. The van der Waals surface area contributed by atoms with Crippen LogP contribution < -0.4 is 4.74 Å². The molecule has 0 amide bonds. The number of ether oxygens (including phenoxy) is 1. The van der Waals surface area contributed by atoms with Gasteiger partial charge in [-0.1, -0.05) is 45.4 Å². The first-order chi connectivity index (χ1) is 7.90. The molecular formula is C15H22O2. The van der Waals surface area contributed by atoms with E-state index in [1.165, 1.54) is 5.56 Å². The summed E-state index contributed by atoms with van der Waals surface area (Å²) in [5, 5.41) is 0. The minimum Gasteiger partial charge on any atom is -0.426 e. The van der Waals surface area contributed by atoms with Crippen LogP contribution in [0.15, 0.2) is 18.2 Å². The number of rotatable bonds is 4. The molecule has 0 aliphatic rings. The predicted molar refractivity (Wildman–Crippen MR) is 70.4 cm³/mol. The molecule has 0 heterocycles. The average molecular weight is 234 g/mol. The van der Waals surface area contributed by atoms with E-state index in [0.29, 0.717) is 24.0 Å². The Hall–Kier alpha value is -1.31. The molecular weight excluding hydrogens is 212 g/mol. The topological polar surface area (TPSA) is 26.3 Å². The van der Waals surface area contributed by atoms with Gasteiger partial charge >= 0.3 is 5.97 Å². The largest absolute Gasteiger partial charge is 0.426 e. The zero-order valence-corrected chi connectivity index (χ0v) is 11.4. The predicted octanol–water partition coefficient (Wildman–Crippen LogP) is 4.07. The maximum Gasteiger partial charge on any atom is 0.311 e. The van der Waals surface area contributed by atoms with E-state index >= 15 is 0 Å². The molecule has 94 valence electrons. The van der Waals surface area contributed by atoms with Gasteiger partial charge in [0.1, 0.15) is 5.75 Å². The van der Waals surface area contributed by atoms with Gasteiger partial charge in [0.05, 0.1) is 0 Å². The first kappa shape index (κ1) is 13.8. The highest BCUT2D eigenvalue weighted by atomic mass is 16.5. The Balaban J connectivity index is 2.87. The zero-order valence-electron chi connectivity index (χ0n) is 11.4. The van der Waals surface area contributed by atoms with Crippen LogP contribution in [0, 0.1) is 12.8 Å². The number of benzene rings is 1. The van der Waals surface area contributed by atoms with Crippen molar-refractivity contribution in [3.63, 3.8) is 0 Å². The van der Waals surface area contributed by atoms with Crippen molar-refractivity contribution in [2.75, 3.05) is 0 Å². The summed E-state index contributed by atoms with van der Waals surface area (Å²) in [6.07, 6.45) is 0.464. The normalized spacial score (nSPS) is 11.0. The summed E-state index contributed by atoms with van der Waals surface area (Å²) in [7, 11) is 0. The van der Waals surface area contributed by atoms with E-state index in [-0.39, 0.29) is 5.97 Å². The van der Waals surface area contributed by atoms with Crippen LogP contribution in [-0.4, -0.2) is 5.97 Å². The molecule has 0 aromatic heterocycles. The van der Waals surface area contributed by atoms with Gasteiger partial charge < -0.3 is 4.74 Å². The van der Waals surface area contributed by atoms with Gasteiger partial charge in [-0.05, 0) is 30.4 Å². The lowest BCUT2D eigenvalue weighted by Crippen LogP contribution is -2.12. The molecule has 2 heteroatoms. The van der Waals surface area contributed by atoms with Crippen LogP contribution in [0.1, 0.15) is 51.2 Å². The lowest BCUT2D eigenvalue weighted by Gasteiger charge is -2.14. The van der Waals surface area contributed by atoms with E-state index in [9.17, 15) is 4.79 Å². The number of hydrogen-bond donors (Lipinski definition) is 0. The fourth-order valence-electron chi connectivity index (χ4n) is 1.71. The summed E-state index contributed by atoms with van der Waals surface area (Å²) >= 11 is 0. The minimum atomic E-state index is -0.147. The van der Waals surface area contributed by atoms with Crippen LogP contribution in [0.2, 0.25) is 0 Å². The average Bonchev–Trinajstić information content (AvgIpc) is 2.19. The molecule has 1 aromatic rings. The summed E-state index contributed by atoms with van der Waals surface area (Å²) < 4.78 is 5.43. The van der Waals surface area contributed by atoms with Gasteiger partial charge in [0, 0.05) is 6.42 Å². The lowest BCUT2D eigenvalue weighted by molar-refractivity contribution is -0.135. The number of hydrogen-bond acceptors (Lipinski definition) is 2. The molecule has 17 heavy (non-hydrogen) atoms. The third kappa shape index (κ3) is 4.22. The summed E-state index contributed by atoms with van der Waals surface area (Å²) in [6, 6.07) is 5.95. The van der Waals surface area contributed by atoms with Crippen molar-refractivity contribution in [1.29, 1.82) is 0 Å². The van der Waals surface area contributed by atoms with Crippen LogP contribution in [-0.2, 0) is 4.79 Å². The van der Waals surface area contributed by atoms with Gasteiger partial charge in [-0.3, -0.25) is 4.79 Å². The maximum absolute atomic E-state index is 11.7. The fraction of sp³-hybridized carbons (Fsp3) is 0.533. The molecule has 0 N–H and O–H groups in total. The second kappa shape index (κ2) is 5.85. The monoisotopic (exact) mass is 234 g/mol. The molecule has 1 rings (SSSR count). The van der Waals surface area contributed by atoms with E-state index < -0.39 is 0 Å². The first-order valence-corrected chi connectivity index (χ1v) is 6.21. The number of esters is 1. The standard InChI is InChI=1S/C15H22O2/c1-10(2)8-15(16)17-14-7-6-12(5)9-13(14)11(3)4/h6-7,9-11H,8H2,1-5H3. The first-order valence-electron chi connectivity index (χ1n) is 6.21. The molecule has 0 aliphatic carbocycles. The lowest BCUT2D eigenvalue weighted by atomic mass is 10.00. The molecule has 0 saturated carbocycles. The summed E-state index contributed by atoms with van der Waals surface area (Å²) in [4.78, 5) is 11.7. The molecule has 0 saturated heterocycles. The zero-order chi connectivity index (χ0) is 13.0. The summed E-state index contributed by atoms with van der Waals surface area (Å²) in [6.45, 7) is 10.3. The van der Waals surface area contributed by atoms with Crippen molar-refractivity contribution < 1.29 is 9.53 Å². The van der Waals surface area contributed by atoms with Gasteiger partial charge in [-0.25, -0.2) is 0 Å². The molecule has 0 spiro atoms. The molecule has 1 aromatic carbocycles. The Bertz CT molecular complexity index is 392.